The fourth-order valence-corrected chi connectivity index (χ4v) is 1.86. The molecule has 0 heterocycles. The maximum atomic E-state index is 10.5. The molecule has 18 heavy (non-hydrogen) atoms. The summed E-state index contributed by atoms with van der Waals surface area (Å²) in [5.41, 5.74) is 2.40. The Labute approximate surface area is 109 Å². The third kappa shape index (κ3) is 4.78. The van der Waals surface area contributed by atoms with Crippen LogP contribution in [0.4, 0.5) is 0 Å². The Morgan fingerprint density at radius 2 is 2.11 bits per heavy atom. The molecule has 0 aromatic heterocycles. The molecule has 1 N–H and O–H groups in total. The number of carboxylic acids is 1. The lowest BCUT2D eigenvalue weighted by molar-refractivity contribution is -0.137. The van der Waals surface area contributed by atoms with Gasteiger partial charge in [-0.05, 0) is 42.9 Å². The number of benzene rings is 1. The van der Waals surface area contributed by atoms with Crippen LogP contribution < -0.4 is 4.74 Å². The van der Waals surface area contributed by atoms with Crippen molar-refractivity contribution in [1.82, 2.24) is 0 Å². The number of hydrogen-bond acceptors (Lipinski definition) is 2. The second-order valence-electron chi connectivity index (χ2n) is 4.39. The van der Waals surface area contributed by atoms with E-state index in [1.165, 1.54) is 11.1 Å². The molecular weight excluding hydrogens is 228 g/mol. The van der Waals surface area contributed by atoms with Crippen molar-refractivity contribution in [3.8, 4) is 5.75 Å². The zero-order valence-electron chi connectivity index (χ0n) is 11.2. The van der Waals surface area contributed by atoms with Crippen LogP contribution in [0.15, 0.2) is 18.2 Å². The van der Waals surface area contributed by atoms with E-state index in [1.54, 1.807) is 0 Å². The summed E-state index contributed by atoms with van der Waals surface area (Å²) >= 11 is 0. The first-order valence-electron chi connectivity index (χ1n) is 6.63. The van der Waals surface area contributed by atoms with Crippen molar-refractivity contribution in [2.45, 2.75) is 46.0 Å². The minimum Gasteiger partial charge on any atom is -0.493 e. The van der Waals surface area contributed by atoms with E-state index >= 15 is 0 Å². The Bertz CT molecular complexity index is 385. The molecule has 0 atom stereocenters. The molecule has 0 aliphatic rings. The van der Waals surface area contributed by atoms with E-state index in [2.05, 4.69) is 19.9 Å². The predicted molar refractivity (Wildman–Crippen MR) is 72.2 cm³/mol. The lowest BCUT2D eigenvalue weighted by Gasteiger charge is -2.11. The van der Waals surface area contributed by atoms with Crippen LogP contribution in [0.2, 0.25) is 0 Å². The number of aliphatic carboxylic acids is 1. The Morgan fingerprint density at radius 3 is 2.72 bits per heavy atom. The van der Waals surface area contributed by atoms with E-state index in [4.69, 9.17) is 9.84 Å². The van der Waals surface area contributed by atoms with Gasteiger partial charge in [0.2, 0.25) is 0 Å². The topological polar surface area (TPSA) is 46.5 Å². The van der Waals surface area contributed by atoms with Crippen LogP contribution in [0, 0.1) is 0 Å². The summed E-state index contributed by atoms with van der Waals surface area (Å²) in [5.74, 6) is 0.231. The zero-order valence-corrected chi connectivity index (χ0v) is 11.2. The van der Waals surface area contributed by atoms with Crippen molar-refractivity contribution >= 4 is 5.97 Å². The van der Waals surface area contributed by atoms with Crippen molar-refractivity contribution < 1.29 is 14.6 Å². The molecule has 0 bridgehead atoms. The lowest BCUT2D eigenvalue weighted by atomic mass is 10.0. The van der Waals surface area contributed by atoms with E-state index in [0.717, 1.165) is 31.6 Å². The molecule has 0 unspecified atom stereocenters. The maximum Gasteiger partial charge on any atom is 0.303 e. The highest BCUT2D eigenvalue weighted by molar-refractivity contribution is 5.66. The van der Waals surface area contributed by atoms with Gasteiger partial charge in [-0.3, -0.25) is 4.79 Å². The minimum absolute atomic E-state index is 0.232. The summed E-state index contributed by atoms with van der Waals surface area (Å²) in [6.07, 6.45) is 3.67. The fraction of sp³-hybridized carbons (Fsp3) is 0.533. The minimum atomic E-state index is -0.728. The standard InChI is InChI=1S/C15H22O3/c1-3-10-18-14-9-8-12(11-13(14)4-2)6-5-7-15(16)17/h8-9,11H,3-7,10H2,1-2H3,(H,16,17). The average molecular weight is 250 g/mol. The quantitative estimate of drug-likeness (QED) is 0.768. The number of carboxylic acid groups (broad SMARTS) is 1. The van der Waals surface area contributed by atoms with E-state index in [1.807, 2.05) is 12.1 Å². The Balaban J connectivity index is 2.63. The molecule has 1 aromatic carbocycles. The summed E-state index contributed by atoms with van der Waals surface area (Å²) in [5, 5.41) is 8.61. The second-order valence-corrected chi connectivity index (χ2v) is 4.39. The fourth-order valence-electron chi connectivity index (χ4n) is 1.86. The first-order chi connectivity index (χ1) is 8.67. The third-order valence-corrected chi connectivity index (χ3v) is 2.82. The van der Waals surface area contributed by atoms with Gasteiger partial charge in [-0.25, -0.2) is 0 Å². The summed E-state index contributed by atoms with van der Waals surface area (Å²) in [7, 11) is 0. The normalized spacial score (nSPS) is 10.3. The summed E-state index contributed by atoms with van der Waals surface area (Å²) in [6.45, 7) is 4.94. The number of aryl methyl sites for hydroxylation is 2. The molecule has 100 valence electrons. The van der Waals surface area contributed by atoms with Crippen LogP contribution in [0.3, 0.4) is 0 Å². The summed E-state index contributed by atoms with van der Waals surface area (Å²) < 4.78 is 5.68. The van der Waals surface area contributed by atoms with Crippen LogP contribution in [0.1, 0.15) is 44.2 Å². The SMILES string of the molecule is CCCOc1ccc(CCCC(=O)O)cc1CC. The molecule has 0 spiro atoms. The van der Waals surface area contributed by atoms with E-state index < -0.39 is 5.97 Å². The van der Waals surface area contributed by atoms with Crippen LogP contribution in [-0.2, 0) is 17.6 Å². The van der Waals surface area contributed by atoms with Crippen molar-refractivity contribution in [3.05, 3.63) is 29.3 Å². The van der Waals surface area contributed by atoms with Crippen molar-refractivity contribution in [3.63, 3.8) is 0 Å². The van der Waals surface area contributed by atoms with Crippen LogP contribution >= 0.6 is 0 Å². The van der Waals surface area contributed by atoms with Gasteiger partial charge < -0.3 is 9.84 Å². The average Bonchev–Trinajstić information content (AvgIpc) is 2.36. The summed E-state index contributed by atoms with van der Waals surface area (Å²) in [6, 6.07) is 6.17. The Morgan fingerprint density at radius 1 is 1.33 bits per heavy atom. The van der Waals surface area contributed by atoms with Crippen LogP contribution in [0.25, 0.3) is 0 Å². The number of carbonyl (C=O) groups is 1. The molecule has 0 saturated heterocycles. The molecule has 3 heteroatoms. The van der Waals surface area contributed by atoms with Gasteiger partial charge >= 0.3 is 5.97 Å². The highest BCUT2D eigenvalue weighted by atomic mass is 16.5. The molecule has 0 radical (unpaired) electrons. The van der Waals surface area contributed by atoms with Crippen molar-refractivity contribution in [1.29, 1.82) is 0 Å². The van der Waals surface area contributed by atoms with Crippen molar-refractivity contribution in [2.75, 3.05) is 6.61 Å². The van der Waals surface area contributed by atoms with E-state index in [0.29, 0.717) is 6.42 Å². The molecule has 0 aliphatic heterocycles. The van der Waals surface area contributed by atoms with Gasteiger partial charge in [-0.1, -0.05) is 26.0 Å². The van der Waals surface area contributed by atoms with Gasteiger partial charge in [-0.2, -0.15) is 0 Å². The third-order valence-electron chi connectivity index (χ3n) is 2.82. The van der Waals surface area contributed by atoms with Crippen molar-refractivity contribution in [2.24, 2.45) is 0 Å². The van der Waals surface area contributed by atoms with Gasteiger partial charge in [-0.15, -0.1) is 0 Å². The molecule has 0 saturated carbocycles. The lowest BCUT2D eigenvalue weighted by Crippen LogP contribution is -2.00. The van der Waals surface area contributed by atoms with E-state index in [-0.39, 0.29) is 6.42 Å². The predicted octanol–water partition coefficient (Wildman–Crippen LogP) is 3.45. The first-order valence-corrected chi connectivity index (χ1v) is 6.63. The van der Waals surface area contributed by atoms with Gasteiger partial charge in [0.15, 0.2) is 0 Å². The van der Waals surface area contributed by atoms with Gasteiger partial charge in [0, 0.05) is 6.42 Å². The molecule has 0 aliphatic carbocycles. The summed E-state index contributed by atoms with van der Waals surface area (Å²) in [4.78, 5) is 10.5. The molecule has 3 nitrogen and oxygen atoms in total. The highest BCUT2D eigenvalue weighted by Gasteiger charge is 2.04. The maximum absolute atomic E-state index is 10.5. The second kappa shape index (κ2) is 7.75. The van der Waals surface area contributed by atoms with Gasteiger partial charge in [0.1, 0.15) is 5.75 Å². The molecule has 0 amide bonds. The molecular formula is C15H22O3. The highest BCUT2D eigenvalue weighted by Crippen LogP contribution is 2.22. The van der Waals surface area contributed by atoms with E-state index in [9.17, 15) is 4.79 Å². The Kier molecular flexibility index (Phi) is 6.26. The number of hydrogen-bond donors (Lipinski definition) is 1. The van der Waals surface area contributed by atoms with Crippen LogP contribution in [0.5, 0.6) is 5.75 Å². The molecule has 1 aromatic rings. The first kappa shape index (κ1) is 14.6. The smallest absolute Gasteiger partial charge is 0.303 e. The monoisotopic (exact) mass is 250 g/mol. The van der Waals surface area contributed by atoms with Crippen LogP contribution in [-0.4, -0.2) is 17.7 Å². The van der Waals surface area contributed by atoms with Gasteiger partial charge in [0.05, 0.1) is 6.61 Å². The largest absolute Gasteiger partial charge is 0.493 e. The van der Waals surface area contributed by atoms with Gasteiger partial charge in [0.25, 0.3) is 0 Å². The Hall–Kier alpha value is -1.51. The number of ether oxygens (including phenoxy) is 1. The molecule has 1 rings (SSSR count). The zero-order chi connectivity index (χ0) is 13.4. The molecule has 0 fully saturated rings. The number of rotatable bonds is 8.